The zero-order valence-corrected chi connectivity index (χ0v) is 19.3. The molecule has 32 heavy (non-hydrogen) atoms. The van der Waals surface area contributed by atoms with Crippen LogP contribution in [0.25, 0.3) is 6.08 Å². The van der Waals surface area contributed by atoms with Gasteiger partial charge in [-0.2, -0.15) is 0 Å². The number of allylic oxidation sites excluding steroid dienone is 1. The van der Waals surface area contributed by atoms with Crippen LogP contribution in [0.2, 0.25) is 0 Å². The molecule has 3 heterocycles. The first-order valence-corrected chi connectivity index (χ1v) is 11.0. The maximum absolute atomic E-state index is 14.7. The minimum Gasteiger partial charge on any atom is -0.460 e. The number of hydrogen-bond acceptors (Lipinski definition) is 6. The Balaban J connectivity index is 1.55. The Labute approximate surface area is 187 Å². The lowest BCUT2D eigenvalue weighted by Crippen LogP contribution is -2.57. The summed E-state index contributed by atoms with van der Waals surface area (Å²) >= 11 is 0. The molecule has 3 aliphatic rings. The summed E-state index contributed by atoms with van der Waals surface area (Å²) in [6.45, 7) is 11.0. The van der Waals surface area contributed by atoms with Crippen LogP contribution in [-0.4, -0.2) is 52.0 Å². The average Bonchev–Trinajstić information content (AvgIpc) is 3.03. The van der Waals surface area contributed by atoms with Crippen molar-refractivity contribution in [2.45, 2.75) is 76.8 Å². The van der Waals surface area contributed by atoms with E-state index in [2.05, 4.69) is 4.98 Å². The zero-order valence-electron chi connectivity index (χ0n) is 19.3. The van der Waals surface area contributed by atoms with Crippen molar-refractivity contribution in [3.05, 3.63) is 30.1 Å². The molecule has 1 saturated carbocycles. The van der Waals surface area contributed by atoms with E-state index in [1.807, 2.05) is 33.8 Å². The number of cyclic esters (lactones) is 1. The van der Waals surface area contributed by atoms with E-state index in [0.29, 0.717) is 5.69 Å². The third-order valence-electron chi connectivity index (χ3n) is 7.69. The second-order valence-corrected chi connectivity index (χ2v) is 10.3. The molecule has 0 amide bonds. The lowest BCUT2D eigenvalue weighted by atomic mass is 9.62. The zero-order chi connectivity index (χ0) is 23.7. The number of alkyl halides is 2. The van der Waals surface area contributed by atoms with Crippen molar-refractivity contribution in [2.75, 3.05) is 0 Å². The fourth-order valence-electron chi connectivity index (χ4n) is 4.93. The van der Waals surface area contributed by atoms with E-state index in [1.54, 1.807) is 31.3 Å². The van der Waals surface area contributed by atoms with Gasteiger partial charge in [0.05, 0.1) is 23.3 Å². The van der Waals surface area contributed by atoms with Crippen molar-refractivity contribution in [3.63, 3.8) is 0 Å². The molecule has 1 aliphatic carbocycles. The van der Waals surface area contributed by atoms with Gasteiger partial charge in [-0.15, -0.1) is 0 Å². The molecule has 1 aromatic heterocycles. The van der Waals surface area contributed by atoms with Crippen LogP contribution in [0.3, 0.4) is 0 Å². The van der Waals surface area contributed by atoms with Gasteiger partial charge in [-0.25, -0.2) is 13.6 Å². The molecule has 5 atom stereocenters. The number of ether oxygens (including phenoxy) is 1. The van der Waals surface area contributed by atoms with Crippen LogP contribution in [0.15, 0.2) is 24.4 Å². The Morgan fingerprint density at radius 1 is 1.16 bits per heavy atom. The first kappa shape index (κ1) is 23.3. The van der Waals surface area contributed by atoms with Crippen LogP contribution in [0.1, 0.15) is 53.7 Å². The Bertz CT molecular complexity index is 919. The van der Waals surface area contributed by atoms with Crippen LogP contribution < -0.4 is 5.46 Å². The molecule has 6 nitrogen and oxygen atoms in total. The largest absolute Gasteiger partial charge is 0.496 e. The third kappa shape index (κ3) is 3.58. The molecule has 1 N–H and O–H groups in total. The van der Waals surface area contributed by atoms with E-state index in [9.17, 15) is 18.7 Å². The van der Waals surface area contributed by atoms with Crippen molar-refractivity contribution >= 4 is 24.6 Å². The standard InChI is InChI=1S/C23H30BF2NO5/c1-13-17(18-14(2)30-19(28)22(18,29)12-23(13,25)26)10-9-16-8-7-15(11-27-16)24-31-20(3,4)21(5,6)32-24/h7-11,13-14,17-18,29H,12H2,1-6H3/t13-,14+,17-,18-,22-/m0/s1. The minimum absolute atomic E-state index is 0.465. The molecule has 0 spiro atoms. The van der Waals surface area contributed by atoms with E-state index in [-0.39, 0.29) is 0 Å². The lowest BCUT2D eigenvalue weighted by Gasteiger charge is -2.45. The minimum atomic E-state index is -3.20. The predicted octanol–water partition coefficient (Wildman–Crippen LogP) is 2.98. The van der Waals surface area contributed by atoms with Gasteiger partial charge in [0.25, 0.3) is 5.92 Å². The molecule has 0 unspecified atom stereocenters. The summed E-state index contributed by atoms with van der Waals surface area (Å²) < 4.78 is 46.5. The number of carbonyl (C=O) groups is 1. The quantitative estimate of drug-likeness (QED) is 0.565. The lowest BCUT2D eigenvalue weighted by molar-refractivity contribution is -0.193. The first-order chi connectivity index (χ1) is 14.7. The maximum atomic E-state index is 14.7. The van der Waals surface area contributed by atoms with E-state index in [0.717, 1.165) is 5.46 Å². The summed E-state index contributed by atoms with van der Waals surface area (Å²) in [5.74, 6) is -6.73. The van der Waals surface area contributed by atoms with Crippen LogP contribution >= 0.6 is 0 Å². The molecule has 2 saturated heterocycles. The first-order valence-electron chi connectivity index (χ1n) is 11.0. The number of rotatable bonds is 3. The smallest absolute Gasteiger partial charge is 0.460 e. The molecular weight excluding hydrogens is 419 g/mol. The Hall–Kier alpha value is -1.84. The van der Waals surface area contributed by atoms with Gasteiger partial charge < -0.3 is 19.2 Å². The maximum Gasteiger partial charge on any atom is 0.496 e. The Kier molecular flexibility index (Phi) is 5.35. The van der Waals surface area contributed by atoms with E-state index in [4.69, 9.17) is 14.0 Å². The molecule has 1 aromatic rings. The number of aliphatic hydroxyl groups is 1. The van der Waals surface area contributed by atoms with Gasteiger partial charge in [-0.05, 0) is 52.7 Å². The summed E-state index contributed by atoms with van der Waals surface area (Å²) in [5, 5.41) is 10.8. The average molecular weight is 449 g/mol. The van der Waals surface area contributed by atoms with Gasteiger partial charge >= 0.3 is 13.1 Å². The molecule has 174 valence electrons. The second-order valence-electron chi connectivity index (χ2n) is 10.3. The highest BCUT2D eigenvalue weighted by molar-refractivity contribution is 6.62. The summed E-state index contributed by atoms with van der Waals surface area (Å²) in [4.78, 5) is 16.6. The Morgan fingerprint density at radius 3 is 2.34 bits per heavy atom. The molecular formula is C23H30BF2NO5. The van der Waals surface area contributed by atoms with Gasteiger partial charge in [0.2, 0.25) is 0 Å². The SMILES string of the molecule is C[C@H]1OC(=O)[C@]2(O)CC(F)(F)[C@@H](C)[C@H](C=Cc3ccc(B4OC(C)(C)C(C)(C)O4)cn3)[C@H]12. The van der Waals surface area contributed by atoms with Crippen molar-refractivity contribution in [3.8, 4) is 0 Å². The van der Waals surface area contributed by atoms with Crippen LogP contribution in [0, 0.1) is 17.8 Å². The van der Waals surface area contributed by atoms with Crippen molar-refractivity contribution in [1.82, 2.24) is 4.98 Å². The predicted molar refractivity (Wildman–Crippen MR) is 115 cm³/mol. The normalized spacial score (nSPS) is 37.5. The van der Waals surface area contributed by atoms with E-state index < -0.39 is 66.1 Å². The van der Waals surface area contributed by atoms with Crippen LogP contribution in [-0.2, 0) is 18.8 Å². The molecule has 2 aliphatic heterocycles. The van der Waals surface area contributed by atoms with Gasteiger partial charge in [0.15, 0.2) is 5.60 Å². The van der Waals surface area contributed by atoms with Crippen molar-refractivity contribution < 1.29 is 32.7 Å². The molecule has 0 bridgehead atoms. The van der Waals surface area contributed by atoms with E-state index >= 15 is 0 Å². The highest BCUT2D eigenvalue weighted by Gasteiger charge is 2.67. The van der Waals surface area contributed by atoms with Crippen LogP contribution in [0.5, 0.6) is 0 Å². The summed E-state index contributed by atoms with van der Waals surface area (Å²) in [7, 11) is -0.542. The molecule has 0 aromatic carbocycles. The number of hydrogen-bond donors (Lipinski definition) is 1. The van der Waals surface area contributed by atoms with Crippen LogP contribution in [0.4, 0.5) is 8.78 Å². The van der Waals surface area contributed by atoms with Gasteiger partial charge in [-0.1, -0.05) is 19.1 Å². The highest BCUT2D eigenvalue weighted by atomic mass is 19.3. The van der Waals surface area contributed by atoms with Crippen molar-refractivity contribution in [2.24, 2.45) is 17.8 Å². The summed E-state index contributed by atoms with van der Waals surface area (Å²) in [6, 6.07) is 3.59. The number of fused-ring (bicyclic) bond motifs is 1. The highest BCUT2D eigenvalue weighted by Crippen LogP contribution is 2.54. The van der Waals surface area contributed by atoms with Gasteiger partial charge in [0, 0.05) is 23.5 Å². The van der Waals surface area contributed by atoms with Crippen molar-refractivity contribution in [1.29, 1.82) is 0 Å². The number of halogens is 2. The topological polar surface area (TPSA) is 77.9 Å². The number of esters is 1. The van der Waals surface area contributed by atoms with E-state index in [1.165, 1.54) is 6.92 Å². The van der Waals surface area contributed by atoms with Gasteiger partial charge in [0.1, 0.15) is 6.10 Å². The molecule has 0 radical (unpaired) electrons. The molecule has 9 heteroatoms. The molecule has 4 rings (SSSR count). The number of pyridine rings is 1. The Morgan fingerprint density at radius 2 is 1.78 bits per heavy atom. The number of nitrogens with zero attached hydrogens (tertiary/aromatic N) is 1. The number of carbonyl (C=O) groups excluding carboxylic acids is 1. The fraction of sp³-hybridized carbons (Fsp3) is 0.652. The summed E-state index contributed by atoms with van der Waals surface area (Å²) in [5.41, 5.74) is -1.79. The summed E-state index contributed by atoms with van der Waals surface area (Å²) in [6.07, 6.45) is 3.33. The molecule has 3 fully saturated rings. The third-order valence-corrected chi connectivity index (χ3v) is 7.69. The van der Waals surface area contributed by atoms with Gasteiger partial charge in [-0.3, -0.25) is 4.98 Å². The monoisotopic (exact) mass is 449 g/mol. The second kappa shape index (κ2) is 7.33. The fourth-order valence-corrected chi connectivity index (χ4v) is 4.93. The number of aromatic nitrogens is 1.